The highest BCUT2D eigenvalue weighted by molar-refractivity contribution is 5.81. The normalized spacial score (nSPS) is 18.4. The standard InChI is InChI=1S/C15H18N4O2/c20-15(14-11-21-9-7-16-14)17-10-12-2-4-13(5-3-12)19-8-1-6-18-19/h1-6,8,14,16H,7,9-11H2,(H,17,20). The average Bonchev–Trinajstić information content (AvgIpc) is 3.08. The zero-order valence-electron chi connectivity index (χ0n) is 11.7. The molecule has 0 bridgehead atoms. The van der Waals surface area contributed by atoms with Crippen LogP contribution in [0.5, 0.6) is 0 Å². The van der Waals surface area contributed by atoms with Crippen LogP contribution in [0.2, 0.25) is 0 Å². The van der Waals surface area contributed by atoms with E-state index in [9.17, 15) is 4.79 Å². The van der Waals surface area contributed by atoms with E-state index < -0.39 is 0 Å². The third-order valence-corrected chi connectivity index (χ3v) is 3.41. The molecule has 110 valence electrons. The van der Waals surface area contributed by atoms with Gasteiger partial charge in [0.25, 0.3) is 0 Å². The van der Waals surface area contributed by atoms with Crippen molar-refractivity contribution >= 4 is 5.91 Å². The van der Waals surface area contributed by atoms with E-state index in [1.807, 2.05) is 36.5 Å². The van der Waals surface area contributed by atoms with Crippen molar-refractivity contribution in [3.8, 4) is 5.69 Å². The van der Waals surface area contributed by atoms with Crippen molar-refractivity contribution in [3.63, 3.8) is 0 Å². The molecular weight excluding hydrogens is 268 g/mol. The van der Waals surface area contributed by atoms with Crippen LogP contribution < -0.4 is 10.6 Å². The van der Waals surface area contributed by atoms with E-state index in [1.54, 1.807) is 10.9 Å². The van der Waals surface area contributed by atoms with Crippen LogP contribution in [-0.2, 0) is 16.1 Å². The quantitative estimate of drug-likeness (QED) is 0.857. The average molecular weight is 286 g/mol. The third kappa shape index (κ3) is 3.48. The summed E-state index contributed by atoms with van der Waals surface area (Å²) in [5.41, 5.74) is 2.05. The van der Waals surface area contributed by atoms with Gasteiger partial charge in [-0.3, -0.25) is 4.79 Å². The Morgan fingerprint density at radius 3 is 2.95 bits per heavy atom. The van der Waals surface area contributed by atoms with Gasteiger partial charge >= 0.3 is 0 Å². The van der Waals surface area contributed by atoms with E-state index in [0.717, 1.165) is 17.8 Å². The molecule has 1 aromatic heterocycles. The van der Waals surface area contributed by atoms with Gasteiger partial charge in [0.15, 0.2) is 0 Å². The number of morpholine rings is 1. The molecule has 3 rings (SSSR count). The Hall–Kier alpha value is -2.18. The van der Waals surface area contributed by atoms with Crippen molar-refractivity contribution in [1.82, 2.24) is 20.4 Å². The van der Waals surface area contributed by atoms with Gasteiger partial charge in [-0.25, -0.2) is 4.68 Å². The lowest BCUT2D eigenvalue weighted by atomic mass is 10.2. The number of hydrogen-bond donors (Lipinski definition) is 2. The number of amides is 1. The molecule has 1 unspecified atom stereocenters. The summed E-state index contributed by atoms with van der Waals surface area (Å²) in [5.74, 6) is -0.0224. The van der Waals surface area contributed by atoms with Crippen LogP contribution in [0.3, 0.4) is 0 Å². The van der Waals surface area contributed by atoms with Crippen LogP contribution in [0.4, 0.5) is 0 Å². The summed E-state index contributed by atoms with van der Waals surface area (Å²) >= 11 is 0. The maximum absolute atomic E-state index is 12.0. The molecule has 0 aliphatic carbocycles. The molecule has 2 N–H and O–H groups in total. The monoisotopic (exact) mass is 286 g/mol. The van der Waals surface area contributed by atoms with Crippen LogP contribution in [0.15, 0.2) is 42.7 Å². The largest absolute Gasteiger partial charge is 0.378 e. The predicted molar refractivity (Wildman–Crippen MR) is 78.0 cm³/mol. The van der Waals surface area contributed by atoms with E-state index in [-0.39, 0.29) is 11.9 Å². The second-order valence-electron chi connectivity index (χ2n) is 4.92. The summed E-state index contributed by atoms with van der Waals surface area (Å²) in [6, 6.07) is 9.58. The highest BCUT2D eigenvalue weighted by Gasteiger charge is 2.20. The number of carbonyl (C=O) groups excluding carboxylic acids is 1. The second kappa shape index (κ2) is 6.51. The molecule has 1 aliphatic rings. The summed E-state index contributed by atoms with van der Waals surface area (Å²) < 4.78 is 7.08. The molecule has 1 fully saturated rings. The molecule has 1 amide bonds. The Kier molecular flexibility index (Phi) is 4.28. The fourth-order valence-corrected chi connectivity index (χ4v) is 2.23. The van der Waals surface area contributed by atoms with Gasteiger partial charge in [0.1, 0.15) is 6.04 Å². The van der Waals surface area contributed by atoms with E-state index in [0.29, 0.717) is 19.8 Å². The van der Waals surface area contributed by atoms with Crippen molar-refractivity contribution in [2.45, 2.75) is 12.6 Å². The SMILES string of the molecule is O=C(NCc1ccc(-n2cccn2)cc1)C1COCCN1. The number of nitrogens with zero attached hydrogens (tertiary/aromatic N) is 2. The van der Waals surface area contributed by atoms with Gasteiger partial charge in [0.05, 0.1) is 18.9 Å². The summed E-state index contributed by atoms with van der Waals surface area (Å²) in [7, 11) is 0. The lowest BCUT2D eigenvalue weighted by Crippen LogP contribution is -2.51. The van der Waals surface area contributed by atoms with Gasteiger partial charge < -0.3 is 15.4 Å². The second-order valence-corrected chi connectivity index (χ2v) is 4.92. The fraction of sp³-hybridized carbons (Fsp3) is 0.333. The number of benzene rings is 1. The highest BCUT2D eigenvalue weighted by atomic mass is 16.5. The van der Waals surface area contributed by atoms with Crippen LogP contribution in [0.25, 0.3) is 5.69 Å². The molecule has 1 aromatic carbocycles. The minimum absolute atomic E-state index is 0.0224. The zero-order valence-corrected chi connectivity index (χ0v) is 11.7. The molecule has 0 spiro atoms. The van der Waals surface area contributed by atoms with Crippen molar-refractivity contribution in [3.05, 3.63) is 48.3 Å². The molecule has 0 saturated carbocycles. The first-order valence-electron chi connectivity index (χ1n) is 7.01. The van der Waals surface area contributed by atoms with Gasteiger partial charge in [0, 0.05) is 25.5 Å². The summed E-state index contributed by atoms with van der Waals surface area (Å²) in [6.45, 7) is 2.33. The molecule has 6 nitrogen and oxygen atoms in total. The highest BCUT2D eigenvalue weighted by Crippen LogP contribution is 2.08. The number of aromatic nitrogens is 2. The van der Waals surface area contributed by atoms with E-state index in [2.05, 4.69) is 15.7 Å². The molecule has 1 saturated heterocycles. The van der Waals surface area contributed by atoms with E-state index in [4.69, 9.17) is 4.74 Å². The predicted octanol–water partition coefficient (Wildman–Crippen LogP) is 0.477. The van der Waals surface area contributed by atoms with Crippen molar-refractivity contribution in [2.75, 3.05) is 19.8 Å². The molecule has 6 heteroatoms. The first-order chi connectivity index (χ1) is 10.3. The molecular formula is C15H18N4O2. The first-order valence-corrected chi connectivity index (χ1v) is 7.01. The summed E-state index contributed by atoms with van der Waals surface area (Å²) in [4.78, 5) is 12.0. The van der Waals surface area contributed by atoms with Crippen molar-refractivity contribution < 1.29 is 9.53 Å². The van der Waals surface area contributed by atoms with E-state index >= 15 is 0 Å². The van der Waals surface area contributed by atoms with Gasteiger partial charge in [-0.1, -0.05) is 12.1 Å². The first kappa shape index (κ1) is 13.8. The molecule has 1 aliphatic heterocycles. The Morgan fingerprint density at radius 1 is 1.43 bits per heavy atom. The minimum atomic E-state index is -0.248. The lowest BCUT2D eigenvalue weighted by molar-refractivity contribution is -0.126. The maximum Gasteiger partial charge on any atom is 0.239 e. The molecule has 1 atom stereocenters. The maximum atomic E-state index is 12.0. The van der Waals surface area contributed by atoms with E-state index in [1.165, 1.54) is 0 Å². The number of hydrogen-bond acceptors (Lipinski definition) is 4. The Balaban J connectivity index is 1.54. The number of ether oxygens (including phenoxy) is 1. The van der Waals surface area contributed by atoms with Crippen molar-refractivity contribution in [1.29, 1.82) is 0 Å². The molecule has 2 aromatic rings. The summed E-state index contributed by atoms with van der Waals surface area (Å²) in [6.07, 6.45) is 3.64. The van der Waals surface area contributed by atoms with Gasteiger partial charge in [0.2, 0.25) is 5.91 Å². The fourth-order valence-electron chi connectivity index (χ4n) is 2.23. The van der Waals surface area contributed by atoms with Crippen LogP contribution in [-0.4, -0.2) is 41.5 Å². The topological polar surface area (TPSA) is 68.2 Å². The molecule has 2 heterocycles. The van der Waals surface area contributed by atoms with Crippen molar-refractivity contribution in [2.24, 2.45) is 0 Å². The Labute approximate surface area is 123 Å². The zero-order chi connectivity index (χ0) is 14.5. The van der Waals surface area contributed by atoms with Gasteiger partial charge in [-0.05, 0) is 23.8 Å². The number of rotatable bonds is 4. The van der Waals surface area contributed by atoms with Crippen LogP contribution >= 0.6 is 0 Å². The van der Waals surface area contributed by atoms with Gasteiger partial charge in [-0.2, -0.15) is 5.10 Å². The molecule has 21 heavy (non-hydrogen) atoms. The smallest absolute Gasteiger partial charge is 0.239 e. The van der Waals surface area contributed by atoms with Crippen LogP contribution in [0, 0.1) is 0 Å². The number of nitrogens with one attached hydrogen (secondary N) is 2. The third-order valence-electron chi connectivity index (χ3n) is 3.41. The summed E-state index contributed by atoms with van der Waals surface area (Å²) in [5, 5.41) is 10.2. The Bertz CT molecular complexity index is 574. The minimum Gasteiger partial charge on any atom is -0.378 e. The number of carbonyl (C=O) groups is 1. The van der Waals surface area contributed by atoms with Gasteiger partial charge in [-0.15, -0.1) is 0 Å². The van der Waals surface area contributed by atoms with Crippen LogP contribution in [0.1, 0.15) is 5.56 Å². The Morgan fingerprint density at radius 2 is 2.29 bits per heavy atom. The molecule has 0 radical (unpaired) electrons. The lowest BCUT2D eigenvalue weighted by Gasteiger charge is -2.22.